The molecule has 0 bridgehead atoms. The van der Waals surface area contributed by atoms with Gasteiger partial charge in [0.25, 0.3) is 5.56 Å². The Labute approximate surface area is 194 Å². The fraction of sp³-hybridized carbons (Fsp3) is 0.696. The average molecular weight is 459 g/mol. The molecule has 0 amide bonds. The van der Waals surface area contributed by atoms with Crippen LogP contribution >= 0.6 is 0 Å². The molecular weight excluding hydrogens is 420 g/mol. The van der Waals surface area contributed by atoms with Crippen LogP contribution in [0.4, 0.5) is 5.95 Å². The summed E-state index contributed by atoms with van der Waals surface area (Å²) < 4.78 is 4.87. The lowest BCUT2D eigenvalue weighted by molar-refractivity contribution is 0.150. The smallest absolute Gasteiger partial charge is 0.332 e. The number of hydrogen-bond donors (Lipinski definition) is 1. The summed E-state index contributed by atoms with van der Waals surface area (Å²) in [6, 6.07) is 0.0812. The van der Waals surface area contributed by atoms with Crippen LogP contribution < -0.4 is 21.9 Å². The van der Waals surface area contributed by atoms with Crippen molar-refractivity contribution in [2.24, 2.45) is 12.8 Å². The molecule has 182 valence electrons. The first-order valence-corrected chi connectivity index (χ1v) is 12.0. The fourth-order valence-electron chi connectivity index (χ4n) is 4.74. The second-order valence-electron chi connectivity index (χ2n) is 9.77. The zero-order chi connectivity index (χ0) is 23.7. The van der Waals surface area contributed by atoms with Crippen molar-refractivity contribution in [2.75, 3.05) is 57.8 Å². The Kier molecular flexibility index (Phi) is 7.06. The lowest BCUT2D eigenvalue weighted by Crippen LogP contribution is -2.46. The molecule has 1 unspecified atom stereocenters. The van der Waals surface area contributed by atoms with Gasteiger partial charge in [-0.1, -0.05) is 11.6 Å². The number of rotatable bonds is 6. The third kappa shape index (κ3) is 4.92. The zero-order valence-electron chi connectivity index (χ0n) is 20.5. The number of anilines is 1. The molecule has 33 heavy (non-hydrogen) atoms. The van der Waals surface area contributed by atoms with Gasteiger partial charge in [-0.05, 0) is 33.7 Å². The van der Waals surface area contributed by atoms with Crippen LogP contribution in [0.15, 0.2) is 21.2 Å². The molecule has 2 fully saturated rings. The molecule has 10 nitrogen and oxygen atoms in total. The van der Waals surface area contributed by atoms with Gasteiger partial charge in [0, 0.05) is 72.0 Å². The number of imidazole rings is 1. The zero-order valence-corrected chi connectivity index (χ0v) is 20.5. The molecule has 1 atom stereocenters. The van der Waals surface area contributed by atoms with E-state index in [0.29, 0.717) is 30.8 Å². The Hall–Kier alpha value is -2.43. The van der Waals surface area contributed by atoms with E-state index >= 15 is 0 Å². The Morgan fingerprint density at radius 2 is 1.79 bits per heavy atom. The monoisotopic (exact) mass is 458 g/mol. The van der Waals surface area contributed by atoms with Crippen LogP contribution in [-0.2, 0) is 20.1 Å². The summed E-state index contributed by atoms with van der Waals surface area (Å²) in [7, 11) is 3.69. The average Bonchev–Trinajstić information content (AvgIpc) is 3.16. The molecule has 4 rings (SSSR count). The van der Waals surface area contributed by atoms with Crippen molar-refractivity contribution in [3.63, 3.8) is 0 Å². The lowest BCUT2D eigenvalue weighted by atomic mass is 10.1. The molecule has 0 radical (unpaired) electrons. The number of allylic oxidation sites excluding steroid dienone is 2. The van der Waals surface area contributed by atoms with Gasteiger partial charge >= 0.3 is 5.69 Å². The summed E-state index contributed by atoms with van der Waals surface area (Å²) in [6.07, 6.45) is 4.07. The normalized spacial score (nSPS) is 20.5. The molecule has 0 saturated carbocycles. The Morgan fingerprint density at radius 3 is 2.45 bits per heavy atom. The van der Waals surface area contributed by atoms with Crippen LogP contribution in [0.3, 0.4) is 0 Å². The molecule has 2 aromatic rings. The topological polar surface area (TPSA) is 97.6 Å². The fourth-order valence-corrected chi connectivity index (χ4v) is 4.74. The maximum absolute atomic E-state index is 13.3. The van der Waals surface area contributed by atoms with E-state index in [-0.39, 0.29) is 17.3 Å². The highest BCUT2D eigenvalue weighted by molar-refractivity contribution is 5.75. The third-order valence-corrected chi connectivity index (χ3v) is 6.87. The predicted molar refractivity (Wildman–Crippen MR) is 132 cm³/mol. The van der Waals surface area contributed by atoms with Gasteiger partial charge in [0.2, 0.25) is 5.95 Å². The van der Waals surface area contributed by atoms with Gasteiger partial charge in [0.1, 0.15) is 0 Å². The lowest BCUT2D eigenvalue weighted by Gasteiger charge is -2.32. The first-order valence-electron chi connectivity index (χ1n) is 12.0. The van der Waals surface area contributed by atoms with E-state index in [4.69, 9.17) is 10.7 Å². The van der Waals surface area contributed by atoms with Crippen molar-refractivity contribution in [3.8, 4) is 0 Å². The van der Waals surface area contributed by atoms with Crippen LogP contribution in [0, 0.1) is 0 Å². The van der Waals surface area contributed by atoms with Crippen molar-refractivity contribution in [3.05, 3.63) is 32.5 Å². The van der Waals surface area contributed by atoms with E-state index in [1.54, 1.807) is 11.6 Å². The molecule has 10 heteroatoms. The quantitative estimate of drug-likeness (QED) is 0.611. The summed E-state index contributed by atoms with van der Waals surface area (Å²) in [5.41, 5.74) is 7.78. The minimum absolute atomic E-state index is 0.0812. The number of nitrogens with zero attached hydrogens (tertiary/aromatic N) is 7. The van der Waals surface area contributed by atoms with E-state index in [9.17, 15) is 9.59 Å². The van der Waals surface area contributed by atoms with Crippen molar-refractivity contribution >= 4 is 17.1 Å². The number of nitrogens with two attached hydrogens (primary N) is 1. The predicted octanol–water partition coefficient (Wildman–Crippen LogP) is 0.0378. The van der Waals surface area contributed by atoms with E-state index in [0.717, 1.165) is 58.1 Å². The maximum atomic E-state index is 13.3. The van der Waals surface area contributed by atoms with Gasteiger partial charge in [0.15, 0.2) is 11.2 Å². The van der Waals surface area contributed by atoms with Crippen molar-refractivity contribution < 1.29 is 0 Å². The third-order valence-electron chi connectivity index (χ3n) is 6.87. The van der Waals surface area contributed by atoms with Crippen molar-refractivity contribution in [1.82, 2.24) is 28.5 Å². The van der Waals surface area contributed by atoms with E-state index in [2.05, 4.69) is 27.8 Å². The summed E-state index contributed by atoms with van der Waals surface area (Å²) in [5.74, 6) is 0.730. The number of piperazine rings is 1. The SMILES string of the molecule is CC(C)=CCn1c(N2CCCC(N)C2)nc2c1c(=O)n(C)c(=O)n2CCN1CCN(C)CC1. The summed E-state index contributed by atoms with van der Waals surface area (Å²) in [5, 5.41) is 0. The number of likely N-dealkylation sites (N-methyl/N-ethyl adjacent to an activating group) is 1. The van der Waals surface area contributed by atoms with Crippen molar-refractivity contribution in [1.29, 1.82) is 0 Å². The van der Waals surface area contributed by atoms with Crippen LogP contribution in [0.2, 0.25) is 0 Å². The van der Waals surface area contributed by atoms with Crippen LogP contribution in [0.5, 0.6) is 0 Å². The summed E-state index contributed by atoms with van der Waals surface area (Å²) >= 11 is 0. The van der Waals surface area contributed by atoms with Crippen LogP contribution in [0.25, 0.3) is 11.2 Å². The van der Waals surface area contributed by atoms with Gasteiger partial charge < -0.3 is 20.1 Å². The Morgan fingerprint density at radius 1 is 1.06 bits per heavy atom. The highest BCUT2D eigenvalue weighted by Gasteiger charge is 2.26. The number of fused-ring (bicyclic) bond motifs is 1. The number of aromatic nitrogens is 4. The first-order chi connectivity index (χ1) is 15.8. The van der Waals surface area contributed by atoms with Gasteiger partial charge in [-0.3, -0.25) is 18.8 Å². The highest BCUT2D eigenvalue weighted by atomic mass is 16.2. The molecule has 2 N–H and O–H groups in total. The second kappa shape index (κ2) is 9.82. The van der Waals surface area contributed by atoms with E-state index < -0.39 is 0 Å². The largest absolute Gasteiger partial charge is 0.341 e. The molecule has 2 saturated heterocycles. The van der Waals surface area contributed by atoms with E-state index in [1.165, 1.54) is 10.1 Å². The molecule has 2 aliphatic heterocycles. The first kappa shape index (κ1) is 23.7. The minimum atomic E-state index is -0.310. The standard InChI is InChI=1S/C23H38N8O2/c1-17(2)7-9-30-19-20(25-22(30)29-8-5-6-18(24)16-29)31(23(33)27(4)21(19)32)15-14-28-12-10-26(3)11-13-28/h7,18H,5-6,8-16,24H2,1-4H3. The molecule has 2 aromatic heterocycles. The van der Waals surface area contributed by atoms with Crippen LogP contribution in [-0.4, -0.2) is 87.4 Å². The molecular formula is C23H38N8O2. The Balaban J connectivity index is 1.79. The molecule has 2 aliphatic rings. The van der Waals surface area contributed by atoms with Gasteiger partial charge in [0.05, 0.1) is 0 Å². The molecule has 0 spiro atoms. The minimum Gasteiger partial charge on any atom is -0.341 e. The second-order valence-corrected chi connectivity index (χ2v) is 9.77. The van der Waals surface area contributed by atoms with Gasteiger partial charge in [-0.2, -0.15) is 4.98 Å². The molecule has 0 aromatic carbocycles. The molecule has 0 aliphatic carbocycles. The number of piperidine rings is 1. The van der Waals surface area contributed by atoms with Gasteiger partial charge in [-0.25, -0.2) is 4.79 Å². The van der Waals surface area contributed by atoms with Crippen molar-refractivity contribution in [2.45, 2.75) is 45.8 Å². The van der Waals surface area contributed by atoms with E-state index in [1.807, 2.05) is 18.4 Å². The van der Waals surface area contributed by atoms with Crippen LogP contribution in [0.1, 0.15) is 26.7 Å². The number of hydrogen-bond acceptors (Lipinski definition) is 7. The summed E-state index contributed by atoms with van der Waals surface area (Å²) in [4.78, 5) is 38.2. The van der Waals surface area contributed by atoms with Gasteiger partial charge in [-0.15, -0.1) is 0 Å². The maximum Gasteiger partial charge on any atom is 0.332 e. The molecule has 4 heterocycles. The summed E-state index contributed by atoms with van der Waals surface area (Å²) in [6.45, 7) is 11.4. The highest BCUT2D eigenvalue weighted by Crippen LogP contribution is 2.23. The Bertz CT molecular complexity index is 1130.